The summed E-state index contributed by atoms with van der Waals surface area (Å²) >= 11 is 0. The van der Waals surface area contributed by atoms with Crippen LogP contribution in [0.2, 0.25) is 0 Å². The van der Waals surface area contributed by atoms with E-state index in [9.17, 15) is 0 Å². The van der Waals surface area contributed by atoms with Crippen LogP contribution in [0, 0.1) is 0 Å². The van der Waals surface area contributed by atoms with Gasteiger partial charge in [0.2, 0.25) is 0 Å². The molecule has 0 aliphatic carbocycles. The molecule has 1 heterocycles. The summed E-state index contributed by atoms with van der Waals surface area (Å²) in [6.45, 7) is 8.99. The van der Waals surface area contributed by atoms with Crippen LogP contribution >= 0.6 is 0 Å². The first-order chi connectivity index (χ1) is 5.76. The second-order valence-electron chi connectivity index (χ2n) is 3.35. The van der Waals surface area contributed by atoms with E-state index in [0.29, 0.717) is 6.04 Å². The van der Waals surface area contributed by atoms with Crippen LogP contribution in [0.5, 0.6) is 0 Å². The molecule has 0 radical (unpaired) electrons. The summed E-state index contributed by atoms with van der Waals surface area (Å²) in [4.78, 5) is 2.38. The van der Waals surface area contributed by atoms with Gasteiger partial charge < -0.3 is 5.73 Å². The molecule has 1 aliphatic heterocycles. The molecule has 1 aliphatic rings. The zero-order valence-corrected chi connectivity index (χ0v) is 7.79. The van der Waals surface area contributed by atoms with Crippen molar-refractivity contribution >= 4 is 0 Å². The van der Waals surface area contributed by atoms with Gasteiger partial charge in [-0.3, -0.25) is 4.90 Å². The Morgan fingerprint density at radius 3 is 2.92 bits per heavy atom. The van der Waals surface area contributed by atoms with Crippen LogP contribution < -0.4 is 5.73 Å². The average Bonchev–Trinajstić information content (AvgIpc) is 2.47. The van der Waals surface area contributed by atoms with Gasteiger partial charge in [-0.25, -0.2) is 0 Å². The monoisotopic (exact) mass is 166 g/mol. The fraction of sp³-hybridized carbons (Fsp3) is 0.600. The maximum Gasteiger partial charge on any atom is 0.0230 e. The number of nitrogens with zero attached hydrogens (tertiary/aromatic N) is 1. The lowest BCUT2D eigenvalue weighted by Crippen LogP contribution is -2.27. The summed E-state index contributed by atoms with van der Waals surface area (Å²) in [6.07, 6.45) is 5.16. The zero-order valence-electron chi connectivity index (χ0n) is 7.79. The first-order valence-electron chi connectivity index (χ1n) is 4.52. The van der Waals surface area contributed by atoms with E-state index in [1.54, 1.807) is 0 Å². The summed E-state index contributed by atoms with van der Waals surface area (Å²) in [6, 6.07) is 0.382. The first-order valence-corrected chi connectivity index (χ1v) is 4.52. The van der Waals surface area contributed by atoms with Crippen LogP contribution in [0.4, 0.5) is 0 Å². The number of hydrogen-bond acceptors (Lipinski definition) is 2. The lowest BCUT2D eigenvalue weighted by Gasteiger charge is -2.15. The van der Waals surface area contributed by atoms with Crippen LogP contribution in [0.3, 0.4) is 0 Å². The second-order valence-corrected chi connectivity index (χ2v) is 3.35. The van der Waals surface area contributed by atoms with E-state index in [1.165, 1.54) is 5.57 Å². The molecule has 0 bridgehead atoms. The van der Waals surface area contributed by atoms with Crippen LogP contribution in [0.25, 0.3) is 0 Å². The molecule has 0 spiro atoms. The number of hydrogen-bond donors (Lipinski definition) is 1. The average molecular weight is 166 g/mol. The first kappa shape index (κ1) is 9.49. The molecule has 1 atom stereocenters. The molecule has 1 unspecified atom stereocenters. The Balaban J connectivity index is 2.36. The predicted octanol–water partition coefficient (Wildman–Crippen LogP) is 1.15. The van der Waals surface area contributed by atoms with E-state index >= 15 is 0 Å². The third-order valence-electron chi connectivity index (χ3n) is 2.35. The van der Waals surface area contributed by atoms with Gasteiger partial charge in [-0.1, -0.05) is 18.7 Å². The van der Waals surface area contributed by atoms with E-state index in [0.717, 1.165) is 26.1 Å². The molecule has 1 rings (SSSR count). The molecule has 0 aromatic rings. The quantitative estimate of drug-likeness (QED) is 0.637. The Bertz CT molecular complexity index is 184. The molecular formula is C10H18N2. The van der Waals surface area contributed by atoms with E-state index in [2.05, 4.69) is 17.6 Å². The van der Waals surface area contributed by atoms with Gasteiger partial charge in [0.25, 0.3) is 0 Å². The minimum Gasteiger partial charge on any atom is -0.326 e. The van der Waals surface area contributed by atoms with Gasteiger partial charge in [-0.2, -0.15) is 0 Å². The highest BCUT2D eigenvalue weighted by atomic mass is 15.2. The molecule has 0 amide bonds. The molecule has 12 heavy (non-hydrogen) atoms. The molecular weight excluding hydrogens is 148 g/mol. The largest absolute Gasteiger partial charge is 0.326 e. The van der Waals surface area contributed by atoms with Crippen molar-refractivity contribution in [2.75, 3.05) is 19.6 Å². The summed E-state index contributed by atoms with van der Waals surface area (Å²) in [5.41, 5.74) is 7.09. The molecule has 0 saturated carbocycles. The van der Waals surface area contributed by atoms with E-state index in [4.69, 9.17) is 5.73 Å². The number of rotatable bonds is 3. The van der Waals surface area contributed by atoms with Gasteiger partial charge in [-0.15, -0.1) is 0 Å². The minimum absolute atomic E-state index is 0.382. The SMILES string of the molecule is C=C/C(=C\C)CN1CCC(N)C1. The molecule has 1 saturated heterocycles. The van der Waals surface area contributed by atoms with Crippen LogP contribution in [-0.4, -0.2) is 30.6 Å². The van der Waals surface area contributed by atoms with Crippen LogP contribution in [-0.2, 0) is 0 Å². The fourth-order valence-electron chi connectivity index (χ4n) is 1.54. The van der Waals surface area contributed by atoms with Crippen molar-refractivity contribution in [3.8, 4) is 0 Å². The van der Waals surface area contributed by atoms with Crippen molar-refractivity contribution in [2.45, 2.75) is 19.4 Å². The highest BCUT2D eigenvalue weighted by Crippen LogP contribution is 2.09. The maximum absolute atomic E-state index is 5.80. The fourth-order valence-corrected chi connectivity index (χ4v) is 1.54. The lowest BCUT2D eigenvalue weighted by molar-refractivity contribution is 0.366. The third-order valence-corrected chi connectivity index (χ3v) is 2.35. The highest BCUT2D eigenvalue weighted by molar-refractivity contribution is 5.17. The third kappa shape index (κ3) is 2.47. The Kier molecular flexibility index (Phi) is 3.50. The minimum atomic E-state index is 0.382. The van der Waals surface area contributed by atoms with Crippen molar-refractivity contribution in [3.63, 3.8) is 0 Å². The van der Waals surface area contributed by atoms with Crippen LogP contribution in [0.15, 0.2) is 24.3 Å². The van der Waals surface area contributed by atoms with Gasteiger partial charge in [0.15, 0.2) is 0 Å². The van der Waals surface area contributed by atoms with Crippen molar-refractivity contribution in [3.05, 3.63) is 24.3 Å². The topological polar surface area (TPSA) is 29.3 Å². The molecule has 1 fully saturated rings. The highest BCUT2D eigenvalue weighted by Gasteiger charge is 2.18. The van der Waals surface area contributed by atoms with E-state index < -0.39 is 0 Å². The molecule has 0 aromatic heterocycles. The predicted molar refractivity (Wildman–Crippen MR) is 53.0 cm³/mol. The summed E-state index contributed by atoms with van der Waals surface area (Å²) in [7, 11) is 0. The van der Waals surface area contributed by atoms with Crippen molar-refractivity contribution < 1.29 is 0 Å². The normalized spacial score (nSPS) is 26.2. The standard InChI is InChI=1S/C10H18N2/c1-3-9(4-2)7-12-6-5-10(11)8-12/h3-4,10H,1,5-8,11H2,2H3/b9-4+. The molecule has 68 valence electrons. The Morgan fingerprint density at radius 2 is 2.50 bits per heavy atom. The second kappa shape index (κ2) is 4.43. The number of nitrogens with two attached hydrogens (primary N) is 1. The maximum atomic E-state index is 5.80. The van der Waals surface area contributed by atoms with Crippen molar-refractivity contribution in [1.82, 2.24) is 4.90 Å². The van der Waals surface area contributed by atoms with Gasteiger partial charge in [0.05, 0.1) is 0 Å². The molecule has 2 N–H and O–H groups in total. The summed E-state index contributed by atoms with van der Waals surface area (Å²) < 4.78 is 0. The lowest BCUT2D eigenvalue weighted by atomic mass is 10.2. The smallest absolute Gasteiger partial charge is 0.0230 e. The van der Waals surface area contributed by atoms with Crippen LogP contribution in [0.1, 0.15) is 13.3 Å². The number of likely N-dealkylation sites (tertiary alicyclic amines) is 1. The summed E-state index contributed by atoms with van der Waals surface area (Å²) in [5.74, 6) is 0. The van der Waals surface area contributed by atoms with Gasteiger partial charge >= 0.3 is 0 Å². The van der Waals surface area contributed by atoms with Crippen molar-refractivity contribution in [1.29, 1.82) is 0 Å². The zero-order chi connectivity index (χ0) is 8.97. The van der Waals surface area contributed by atoms with E-state index in [1.807, 2.05) is 13.0 Å². The Labute approximate surface area is 74.7 Å². The molecule has 2 nitrogen and oxygen atoms in total. The van der Waals surface area contributed by atoms with Crippen molar-refractivity contribution in [2.24, 2.45) is 5.73 Å². The van der Waals surface area contributed by atoms with E-state index in [-0.39, 0.29) is 0 Å². The van der Waals surface area contributed by atoms with Gasteiger partial charge in [0.1, 0.15) is 0 Å². The molecule has 2 heteroatoms. The Morgan fingerprint density at radius 1 is 1.75 bits per heavy atom. The van der Waals surface area contributed by atoms with Gasteiger partial charge in [0, 0.05) is 25.7 Å². The Hall–Kier alpha value is -0.600. The summed E-state index contributed by atoms with van der Waals surface area (Å²) in [5, 5.41) is 0. The molecule has 0 aromatic carbocycles. The number of allylic oxidation sites excluding steroid dienone is 1. The van der Waals surface area contributed by atoms with Gasteiger partial charge in [-0.05, 0) is 18.9 Å².